The van der Waals surface area contributed by atoms with Crippen LogP contribution in [-0.4, -0.2) is 11.1 Å². The van der Waals surface area contributed by atoms with Crippen LogP contribution in [0.5, 0.6) is 0 Å². The average molecular weight is 290 g/mol. The van der Waals surface area contributed by atoms with E-state index >= 15 is 0 Å². The number of hydrogen-bond donors (Lipinski definition) is 1. The van der Waals surface area contributed by atoms with Crippen LogP contribution in [0.4, 0.5) is 0 Å². The summed E-state index contributed by atoms with van der Waals surface area (Å²) in [4.78, 5) is 12.6. The van der Waals surface area contributed by atoms with Crippen LogP contribution in [0.3, 0.4) is 0 Å². The van der Waals surface area contributed by atoms with Gasteiger partial charge in [-0.25, -0.2) is 4.79 Å². The molecule has 94 valence electrons. The minimum atomic E-state index is -1.02. The second kappa shape index (κ2) is 5.79. The SMILES string of the molecule is N#Cc1ccc(Sc2ccc(Cl)cc2C(=O)O)cc1. The van der Waals surface area contributed by atoms with Gasteiger partial charge in [0.25, 0.3) is 0 Å². The molecule has 0 aliphatic carbocycles. The maximum absolute atomic E-state index is 11.1. The van der Waals surface area contributed by atoms with E-state index in [4.69, 9.17) is 22.0 Å². The Morgan fingerprint density at radius 1 is 1.21 bits per heavy atom. The molecule has 0 radical (unpaired) electrons. The highest BCUT2D eigenvalue weighted by atomic mass is 35.5. The third-order valence-electron chi connectivity index (χ3n) is 2.38. The lowest BCUT2D eigenvalue weighted by atomic mass is 10.2. The Balaban J connectivity index is 2.32. The molecular formula is C14H8ClNO2S. The van der Waals surface area contributed by atoms with E-state index in [0.29, 0.717) is 15.5 Å². The van der Waals surface area contributed by atoms with Gasteiger partial charge in [0.2, 0.25) is 0 Å². The topological polar surface area (TPSA) is 61.1 Å². The molecule has 0 atom stereocenters. The smallest absolute Gasteiger partial charge is 0.336 e. The van der Waals surface area contributed by atoms with E-state index in [1.165, 1.54) is 17.8 Å². The molecule has 0 saturated heterocycles. The van der Waals surface area contributed by atoms with Crippen molar-refractivity contribution >= 4 is 29.3 Å². The number of hydrogen-bond acceptors (Lipinski definition) is 3. The lowest BCUT2D eigenvalue weighted by molar-refractivity contribution is 0.0693. The molecule has 5 heteroatoms. The quantitative estimate of drug-likeness (QED) is 0.925. The van der Waals surface area contributed by atoms with Crippen molar-refractivity contribution in [2.75, 3.05) is 0 Å². The van der Waals surface area contributed by atoms with Crippen molar-refractivity contribution in [3.63, 3.8) is 0 Å². The number of carbonyl (C=O) groups is 1. The van der Waals surface area contributed by atoms with Crippen LogP contribution in [0.15, 0.2) is 52.3 Å². The molecule has 2 rings (SSSR count). The van der Waals surface area contributed by atoms with Crippen molar-refractivity contribution < 1.29 is 9.90 Å². The van der Waals surface area contributed by atoms with Gasteiger partial charge < -0.3 is 5.11 Å². The van der Waals surface area contributed by atoms with Crippen molar-refractivity contribution in [2.24, 2.45) is 0 Å². The molecule has 3 nitrogen and oxygen atoms in total. The molecule has 0 bridgehead atoms. The van der Waals surface area contributed by atoms with Crippen molar-refractivity contribution in [2.45, 2.75) is 9.79 Å². The maximum Gasteiger partial charge on any atom is 0.336 e. The molecule has 0 spiro atoms. The van der Waals surface area contributed by atoms with Crippen LogP contribution < -0.4 is 0 Å². The zero-order valence-electron chi connectivity index (χ0n) is 9.63. The third-order valence-corrected chi connectivity index (χ3v) is 3.70. The number of nitrogens with zero attached hydrogens (tertiary/aromatic N) is 1. The zero-order chi connectivity index (χ0) is 13.8. The molecule has 0 aliphatic heterocycles. The first-order valence-corrected chi connectivity index (χ1v) is 6.50. The summed E-state index contributed by atoms with van der Waals surface area (Å²) in [6.07, 6.45) is 0. The molecule has 0 heterocycles. The molecule has 1 N–H and O–H groups in total. The Morgan fingerprint density at radius 2 is 1.89 bits per heavy atom. The van der Waals surface area contributed by atoms with Crippen LogP contribution in [0.2, 0.25) is 5.02 Å². The van der Waals surface area contributed by atoms with E-state index in [1.807, 2.05) is 6.07 Å². The molecule has 0 fully saturated rings. The molecular weight excluding hydrogens is 282 g/mol. The number of rotatable bonds is 3. The normalized spacial score (nSPS) is 9.89. The second-order valence-electron chi connectivity index (χ2n) is 3.68. The van der Waals surface area contributed by atoms with E-state index in [1.54, 1.807) is 36.4 Å². The van der Waals surface area contributed by atoms with Gasteiger partial charge in [-0.3, -0.25) is 0 Å². The fraction of sp³-hybridized carbons (Fsp3) is 0. The number of benzene rings is 2. The summed E-state index contributed by atoms with van der Waals surface area (Å²) in [6.45, 7) is 0. The maximum atomic E-state index is 11.1. The fourth-order valence-electron chi connectivity index (χ4n) is 1.48. The molecule has 0 saturated carbocycles. The Hall–Kier alpha value is -1.96. The molecule has 2 aromatic carbocycles. The van der Waals surface area contributed by atoms with Crippen molar-refractivity contribution in [3.8, 4) is 6.07 Å². The standard InChI is InChI=1S/C14H8ClNO2S/c15-10-3-6-13(12(7-10)14(17)18)19-11-4-1-9(8-16)2-5-11/h1-7H,(H,17,18). The van der Waals surface area contributed by atoms with Crippen molar-refractivity contribution in [1.82, 2.24) is 0 Å². The molecule has 0 aromatic heterocycles. The summed E-state index contributed by atoms with van der Waals surface area (Å²) in [7, 11) is 0. The fourth-order valence-corrected chi connectivity index (χ4v) is 2.57. The van der Waals surface area contributed by atoms with Gasteiger partial charge in [-0.15, -0.1) is 0 Å². The zero-order valence-corrected chi connectivity index (χ0v) is 11.2. The van der Waals surface area contributed by atoms with Crippen molar-refractivity contribution in [1.29, 1.82) is 5.26 Å². The summed E-state index contributed by atoms with van der Waals surface area (Å²) in [6, 6.07) is 13.7. The molecule has 0 unspecified atom stereocenters. The largest absolute Gasteiger partial charge is 0.478 e. The predicted octanol–water partition coefficient (Wildman–Crippen LogP) is 4.06. The highest BCUT2D eigenvalue weighted by Gasteiger charge is 2.11. The van der Waals surface area contributed by atoms with Gasteiger partial charge in [-0.05, 0) is 42.5 Å². The lowest BCUT2D eigenvalue weighted by Crippen LogP contribution is -1.98. The summed E-state index contributed by atoms with van der Waals surface area (Å²) < 4.78 is 0. The van der Waals surface area contributed by atoms with Gasteiger partial charge in [-0.1, -0.05) is 23.4 Å². The van der Waals surface area contributed by atoms with Gasteiger partial charge in [-0.2, -0.15) is 5.26 Å². The second-order valence-corrected chi connectivity index (χ2v) is 5.24. The summed E-state index contributed by atoms with van der Waals surface area (Å²) in [5.74, 6) is -1.02. The number of nitriles is 1. The number of carboxylic acid groups (broad SMARTS) is 1. The summed E-state index contributed by atoms with van der Waals surface area (Å²) in [5, 5.41) is 18.2. The van der Waals surface area contributed by atoms with Gasteiger partial charge in [0.05, 0.1) is 17.2 Å². The Morgan fingerprint density at radius 3 is 2.47 bits per heavy atom. The number of aromatic carboxylic acids is 1. The van der Waals surface area contributed by atoms with Gasteiger partial charge >= 0.3 is 5.97 Å². The molecule has 0 amide bonds. The lowest BCUT2D eigenvalue weighted by Gasteiger charge is -2.06. The monoisotopic (exact) mass is 289 g/mol. The van der Waals surface area contributed by atoms with E-state index in [-0.39, 0.29) is 5.56 Å². The third kappa shape index (κ3) is 3.28. The van der Waals surface area contributed by atoms with E-state index < -0.39 is 5.97 Å². The van der Waals surface area contributed by atoms with Gasteiger partial charge in [0, 0.05) is 14.8 Å². The Bertz CT molecular complexity index is 662. The van der Waals surface area contributed by atoms with Gasteiger partial charge in [0.15, 0.2) is 0 Å². The highest BCUT2D eigenvalue weighted by Crippen LogP contribution is 2.32. The minimum absolute atomic E-state index is 0.168. The first-order valence-electron chi connectivity index (χ1n) is 5.31. The van der Waals surface area contributed by atoms with Crippen LogP contribution >= 0.6 is 23.4 Å². The minimum Gasteiger partial charge on any atom is -0.478 e. The average Bonchev–Trinajstić information content (AvgIpc) is 2.41. The van der Waals surface area contributed by atoms with E-state index in [2.05, 4.69) is 0 Å². The van der Waals surface area contributed by atoms with E-state index in [9.17, 15) is 4.79 Å². The first-order chi connectivity index (χ1) is 9.10. The molecule has 2 aromatic rings. The van der Waals surface area contributed by atoms with Gasteiger partial charge in [0.1, 0.15) is 0 Å². The number of halogens is 1. The summed E-state index contributed by atoms with van der Waals surface area (Å²) >= 11 is 7.12. The summed E-state index contributed by atoms with van der Waals surface area (Å²) in [5.41, 5.74) is 0.737. The van der Waals surface area contributed by atoms with Crippen LogP contribution in [0.25, 0.3) is 0 Å². The van der Waals surface area contributed by atoms with Crippen LogP contribution in [-0.2, 0) is 0 Å². The highest BCUT2D eigenvalue weighted by molar-refractivity contribution is 7.99. The predicted molar refractivity (Wildman–Crippen MR) is 73.7 cm³/mol. The first kappa shape index (κ1) is 13.5. The molecule has 19 heavy (non-hydrogen) atoms. The van der Waals surface area contributed by atoms with Crippen LogP contribution in [0.1, 0.15) is 15.9 Å². The molecule has 0 aliphatic rings. The van der Waals surface area contributed by atoms with Crippen LogP contribution in [0, 0.1) is 11.3 Å². The Kier molecular flexibility index (Phi) is 4.10. The Labute approximate surface area is 119 Å². The number of carboxylic acids is 1. The van der Waals surface area contributed by atoms with E-state index in [0.717, 1.165) is 4.90 Å². The van der Waals surface area contributed by atoms with Crippen molar-refractivity contribution in [3.05, 3.63) is 58.6 Å².